The smallest absolute Gasteiger partial charge is 0.253 e. The summed E-state index contributed by atoms with van der Waals surface area (Å²) in [6.07, 6.45) is 6.83. The highest BCUT2D eigenvalue weighted by atomic mass is 79.9. The van der Waals surface area contributed by atoms with Crippen molar-refractivity contribution in [3.63, 3.8) is 0 Å². The summed E-state index contributed by atoms with van der Waals surface area (Å²) in [5.74, 6) is -0.565. The number of amides is 1. The highest BCUT2D eigenvalue weighted by Gasteiger charge is 2.41. The molecular formula is C14H17BrN2O3. The van der Waals surface area contributed by atoms with Gasteiger partial charge in [0.25, 0.3) is 5.91 Å². The molecule has 1 N–H and O–H groups in total. The zero-order chi connectivity index (χ0) is 14.0. The van der Waals surface area contributed by atoms with Gasteiger partial charge >= 0.3 is 0 Å². The van der Waals surface area contributed by atoms with Crippen LogP contribution in [0.1, 0.15) is 36.0 Å². The molecule has 1 aromatic rings. The molecule has 1 amide bonds. The minimum absolute atomic E-state index is 0.0910. The van der Waals surface area contributed by atoms with Crippen molar-refractivity contribution in [1.82, 2.24) is 10.3 Å². The molecule has 1 aliphatic heterocycles. The van der Waals surface area contributed by atoms with Gasteiger partial charge in [0, 0.05) is 35.7 Å². The van der Waals surface area contributed by atoms with Crippen LogP contribution in [-0.2, 0) is 9.47 Å². The fourth-order valence-electron chi connectivity index (χ4n) is 2.88. The van der Waals surface area contributed by atoms with Crippen molar-refractivity contribution < 1.29 is 14.3 Å². The van der Waals surface area contributed by atoms with E-state index >= 15 is 0 Å². The van der Waals surface area contributed by atoms with Crippen molar-refractivity contribution in [2.75, 3.05) is 13.2 Å². The molecule has 2 heterocycles. The summed E-state index contributed by atoms with van der Waals surface area (Å²) in [4.78, 5) is 16.2. The predicted octanol–water partition coefficient (Wildman–Crippen LogP) is 2.26. The number of nitrogens with zero attached hydrogens (tertiary/aromatic N) is 1. The first-order valence-corrected chi connectivity index (χ1v) is 7.66. The summed E-state index contributed by atoms with van der Waals surface area (Å²) < 4.78 is 12.2. The first kappa shape index (κ1) is 14.0. The van der Waals surface area contributed by atoms with Crippen LogP contribution in [0.3, 0.4) is 0 Å². The molecule has 1 aromatic heterocycles. The van der Waals surface area contributed by atoms with Crippen LogP contribution in [0.2, 0.25) is 0 Å². The monoisotopic (exact) mass is 340 g/mol. The van der Waals surface area contributed by atoms with E-state index in [1.54, 1.807) is 18.5 Å². The van der Waals surface area contributed by atoms with Crippen LogP contribution in [0.4, 0.5) is 0 Å². The van der Waals surface area contributed by atoms with Gasteiger partial charge in [0.2, 0.25) is 0 Å². The van der Waals surface area contributed by atoms with Crippen LogP contribution in [0, 0.1) is 0 Å². The Balaban J connectivity index is 1.64. The van der Waals surface area contributed by atoms with E-state index in [2.05, 4.69) is 26.2 Å². The van der Waals surface area contributed by atoms with E-state index in [0.29, 0.717) is 18.8 Å². The maximum absolute atomic E-state index is 12.2. The molecule has 1 saturated carbocycles. The van der Waals surface area contributed by atoms with E-state index in [0.717, 1.165) is 30.2 Å². The fourth-order valence-corrected chi connectivity index (χ4v) is 3.25. The lowest BCUT2D eigenvalue weighted by Gasteiger charge is -2.36. The van der Waals surface area contributed by atoms with Gasteiger partial charge < -0.3 is 14.8 Å². The Morgan fingerprint density at radius 1 is 1.40 bits per heavy atom. The van der Waals surface area contributed by atoms with Crippen molar-refractivity contribution in [3.8, 4) is 0 Å². The second-order valence-corrected chi connectivity index (χ2v) is 6.18. The summed E-state index contributed by atoms with van der Waals surface area (Å²) in [6.45, 7) is 1.30. The van der Waals surface area contributed by atoms with Gasteiger partial charge in [-0.25, -0.2) is 0 Å². The molecule has 1 saturated heterocycles. The molecule has 2 aliphatic rings. The Bertz CT molecular complexity index is 503. The zero-order valence-corrected chi connectivity index (χ0v) is 12.7. The molecule has 3 rings (SSSR count). The van der Waals surface area contributed by atoms with Crippen molar-refractivity contribution in [3.05, 3.63) is 28.5 Å². The Morgan fingerprint density at radius 2 is 2.20 bits per heavy atom. The van der Waals surface area contributed by atoms with E-state index in [1.807, 2.05) is 0 Å². The van der Waals surface area contributed by atoms with Crippen LogP contribution < -0.4 is 5.32 Å². The maximum atomic E-state index is 12.2. The Morgan fingerprint density at radius 3 is 2.95 bits per heavy atom. The molecule has 0 aromatic carbocycles. The van der Waals surface area contributed by atoms with Crippen LogP contribution in [0.5, 0.6) is 0 Å². The number of halogens is 1. The van der Waals surface area contributed by atoms with E-state index in [-0.39, 0.29) is 11.9 Å². The average molecular weight is 341 g/mol. The summed E-state index contributed by atoms with van der Waals surface area (Å²) in [7, 11) is 0. The number of carbonyl (C=O) groups is 1. The lowest BCUT2D eigenvalue weighted by Crippen LogP contribution is -2.46. The van der Waals surface area contributed by atoms with Gasteiger partial charge in [-0.15, -0.1) is 0 Å². The highest BCUT2D eigenvalue weighted by molar-refractivity contribution is 9.10. The molecule has 1 spiro atoms. The molecular weight excluding hydrogens is 324 g/mol. The molecule has 6 heteroatoms. The van der Waals surface area contributed by atoms with Gasteiger partial charge in [0.15, 0.2) is 5.79 Å². The topological polar surface area (TPSA) is 60.5 Å². The number of hydrogen-bond donors (Lipinski definition) is 1. The van der Waals surface area contributed by atoms with Crippen LogP contribution in [0.25, 0.3) is 0 Å². The Labute approximate surface area is 126 Å². The molecule has 1 aliphatic carbocycles. The zero-order valence-electron chi connectivity index (χ0n) is 11.1. The number of nitrogens with one attached hydrogen (secondary N) is 1. The number of ether oxygens (including phenoxy) is 2. The van der Waals surface area contributed by atoms with Crippen molar-refractivity contribution in [2.24, 2.45) is 0 Å². The predicted molar refractivity (Wildman–Crippen MR) is 76.3 cm³/mol. The Hall–Kier alpha value is -0.980. The Kier molecular flexibility index (Phi) is 4.05. The molecule has 0 bridgehead atoms. The maximum Gasteiger partial charge on any atom is 0.253 e. The second-order valence-electron chi connectivity index (χ2n) is 5.27. The summed E-state index contributed by atoms with van der Waals surface area (Å²) in [5.41, 5.74) is 0.562. The van der Waals surface area contributed by atoms with Crippen molar-refractivity contribution in [1.29, 1.82) is 0 Å². The second kappa shape index (κ2) is 5.79. The largest absolute Gasteiger partial charge is 0.349 e. The number of hydrogen-bond acceptors (Lipinski definition) is 4. The van der Waals surface area contributed by atoms with E-state index < -0.39 is 5.79 Å². The highest BCUT2D eigenvalue weighted by Crippen LogP contribution is 2.35. The third-order valence-corrected chi connectivity index (χ3v) is 4.22. The van der Waals surface area contributed by atoms with Gasteiger partial charge in [-0.2, -0.15) is 0 Å². The first-order chi connectivity index (χ1) is 9.67. The minimum Gasteiger partial charge on any atom is -0.349 e. The summed E-state index contributed by atoms with van der Waals surface area (Å²) >= 11 is 3.32. The summed E-state index contributed by atoms with van der Waals surface area (Å²) in [5, 5.41) is 3.05. The summed E-state index contributed by atoms with van der Waals surface area (Å²) in [6, 6.07) is 1.86. The van der Waals surface area contributed by atoms with Gasteiger partial charge in [0.1, 0.15) is 0 Å². The van der Waals surface area contributed by atoms with E-state index in [4.69, 9.17) is 9.47 Å². The molecule has 0 radical (unpaired) electrons. The normalized spacial score (nSPS) is 24.8. The number of rotatable bonds is 2. The van der Waals surface area contributed by atoms with Crippen LogP contribution in [0.15, 0.2) is 22.9 Å². The van der Waals surface area contributed by atoms with Crippen molar-refractivity contribution in [2.45, 2.75) is 37.5 Å². The average Bonchev–Trinajstić information content (AvgIpc) is 2.87. The lowest BCUT2D eigenvalue weighted by atomic mass is 9.89. The molecule has 108 valence electrons. The number of aromatic nitrogens is 1. The van der Waals surface area contributed by atoms with Crippen LogP contribution in [-0.4, -0.2) is 35.9 Å². The van der Waals surface area contributed by atoms with E-state index in [1.165, 1.54) is 0 Å². The molecule has 20 heavy (non-hydrogen) atoms. The van der Waals surface area contributed by atoms with Gasteiger partial charge in [0.05, 0.1) is 18.8 Å². The van der Waals surface area contributed by atoms with Gasteiger partial charge in [-0.3, -0.25) is 9.78 Å². The minimum atomic E-state index is -0.467. The lowest BCUT2D eigenvalue weighted by molar-refractivity contribution is -0.181. The molecule has 1 unspecified atom stereocenters. The fraction of sp³-hybridized carbons (Fsp3) is 0.571. The van der Waals surface area contributed by atoms with Crippen LogP contribution >= 0.6 is 15.9 Å². The third-order valence-electron chi connectivity index (χ3n) is 3.78. The van der Waals surface area contributed by atoms with E-state index in [9.17, 15) is 4.79 Å². The van der Waals surface area contributed by atoms with Crippen molar-refractivity contribution >= 4 is 21.8 Å². The first-order valence-electron chi connectivity index (χ1n) is 6.86. The molecule has 5 nitrogen and oxygen atoms in total. The van der Waals surface area contributed by atoms with Gasteiger partial charge in [-0.1, -0.05) is 0 Å². The quantitative estimate of drug-likeness (QED) is 0.896. The standard InChI is InChI=1S/C14H17BrN2O3/c15-11-6-10(8-16-9-11)13(18)17-12-2-1-3-14(7-12)19-4-5-20-14/h6,8-9,12H,1-5,7H2,(H,17,18). The SMILES string of the molecule is O=C(NC1CCCC2(C1)OCCO2)c1cncc(Br)c1. The molecule has 2 fully saturated rings. The third kappa shape index (κ3) is 3.02. The van der Waals surface area contributed by atoms with Gasteiger partial charge in [-0.05, 0) is 34.8 Å². The number of carbonyl (C=O) groups excluding carboxylic acids is 1. The molecule has 1 atom stereocenters. The number of pyridine rings is 1.